The molecule has 0 bridgehead atoms. The molecular weight excluding hydrogens is 247 g/mol. The average molecular weight is 271 g/mol. The molecule has 0 aliphatic carbocycles. The third-order valence-electron chi connectivity index (χ3n) is 2.25. The van der Waals surface area contributed by atoms with E-state index in [0.29, 0.717) is 0 Å². The summed E-state index contributed by atoms with van der Waals surface area (Å²) in [6, 6.07) is 4.01. The van der Waals surface area contributed by atoms with Crippen molar-refractivity contribution < 1.29 is 14.0 Å². The smallest absolute Gasteiger partial charge is 0.419 e. The maximum Gasteiger partial charge on any atom is 0.419 e. The summed E-state index contributed by atoms with van der Waals surface area (Å²) in [6.45, 7) is 10.1. The molecule has 0 fully saturated rings. The van der Waals surface area contributed by atoms with Crippen LogP contribution >= 0.6 is 11.3 Å². The van der Waals surface area contributed by atoms with Crippen molar-refractivity contribution in [2.24, 2.45) is 0 Å². The van der Waals surface area contributed by atoms with E-state index in [1.54, 1.807) is 11.3 Å². The maximum absolute atomic E-state index is 6.03. The second kappa shape index (κ2) is 6.71. The van der Waals surface area contributed by atoms with Crippen LogP contribution in [0, 0.1) is 0 Å². The standard InChI is InChI=1S/C13H24BO3S/c1-10(2)15-14(16-11(3)4,17-12(5)6)13-8-7-9-18-13/h7-12H,1-6H3/q-1. The molecule has 0 N–H and O–H groups in total. The first kappa shape index (κ1) is 15.7. The summed E-state index contributed by atoms with van der Waals surface area (Å²) in [6.07, 6.45) is 0.138. The molecule has 3 nitrogen and oxygen atoms in total. The van der Waals surface area contributed by atoms with Crippen molar-refractivity contribution in [3.63, 3.8) is 0 Å². The first-order valence-corrected chi connectivity index (χ1v) is 7.44. The predicted octanol–water partition coefficient (Wildman–Crippen LogP) is 3.17. The van der Waals surface area contributed by atoms with E-state index in [4.69, 9.17) is 14.0 Å². The number of rotatable bonds is 7. The fourth-order valence-corrected chi connectivity index (χ4v) is 2.67. The summed E-state index contributed by atoms with van der Waals surface area (Å²) in [7, 11) is 0. The topological polar surface area (TPSA) is 27.7 Å². The average Bonchev–Trinajstić information content (AvgIpc) is 2.65. The van der Waals surface area contributed by atoms with Crippen molar-refractivity contribution in [3.05, 3.63) is 17.5 Å². The number of thiophene rings is 1. The monoisotopic (exact) mass is 271 g/mol. The molecule has 0 aromatic carbocycles. The molecule has 0 amide bonds. The number of hydrogen-bond donors (Lipinski definition) is 0. The van der Waals surface area contributed by atoms with Crippen LogP contribution in [0.5, 0.6) is 0 Å². The van der Waals surface area contributed by atoms with Crippen LogP contribution < -0.4 is 4.78 Å². The molecule has 1 aromatic rings. The lowest BCUT2D eigenvalue weighted by atomic mass is 9.74. The Labute approximate surface area is 114 Å². The summed E-state index contributed by atoms with van der Waals surface area (Å²) in [5.41, 5.74) is 0. The lowest BCUT2D eigenvalue weighted by Gasteiger charge is -2.45. The van der Waals surface area contributed by atoms with Crippen LogP contribution in [-0.4, -0.2) is 25.1 Å². The lowest BCUT2D eigenvalue weighted by Crippen LogP contribution is -2.59. The molecule has 0 spiro atoms. The van der Waals surface area contributed by atoms with Gasteiger partial charge in [0, 0.05) is 18.3 Å². The molecule has 104 valence electrons. The summed E-state index contributed by atoms with van der Waals surface area (Å²) in [4.78, 5) is 0. The Balaban J connectivity index is 3.07. The van der Waals surface area contributed by atoms with E-state index in [1.165, 1.54) is 0 Å². The Morgan fingerprint density at radius 1 is 0.889 bits per heavy atom. The highest BCUT2D eigenvalue weighted by Gasteiger charge is 2.35. The molecule has 18 heavy (non-hydrogen) atoms. The van der Waals surface area contributed by atoms with Gasteiger partial charge >= 0.3 is 6.75 Å². The molecule has 1 rings (SSSR count). The molecule has 0 saturated carbocycles. The molecule has 1 heterocycles. The first-order chi connectivity index (χ1) is 8.35. The van der Waals surface area contributed by atoms with Crippen molar-refractivity contribution in [3.8, 4) is 0 Å². The third kappa shape index (κ3) is 4.39. The Morgan fingerprint density at radius 2 is 1.33 bits per heavy atom. The first-order valence-electron chi connectivity index (χ1n) is 6.56. The summed E-state index contributed by atoms with van der Waals surface area (Å²) < 4.78 is 19.1. The van der Waals surface area contributed by atoms with Gasteiger partial charge in [-0.2, -0.15) is 11.3 Å². The van der Waals surface area contributed by atoms with Gasteiger partial charge in [0.05, 0.1) is 0 Å². The third-order valence-corrected chi connectivity index (χ3v) is 3.24. The van der Waals surface area contributed by atoms with Gasteiger partial charge in [-0.1, -0.05) is 16.9 Å². The Morgan fingerprint density at radius 3 is 1.61 bits per heavy atom. The van der Waals surface area contributed by atoms with Gasteiger partial charge in [-0.05, 0) is 46.9 Å². The van der Waals surface area contributed by atoms with E-state index in [2.05, 4.69) is 0 Å². The minimum atomic E-state index is -1.86. The zero-order chi connectivity index (χ0) is 13.8. The van der Waals surface area contributed by atoms with E-state index in [9.17, 15) is 0 Å². The van der Waals surface area contributed by atoms with Crippen LogP contribution in [0.2, 0.25) is 0 Å². The maximum atomic E-state index is 6.03. The van der Waals surface area contributed by atoms with Crippen LogP contribution in [0.3, 0.4) is 0 Å². The normalized spacial score (nSPS) is 12.9. The van der Waals surface area contributed by atoms with E-state index in [0.717, 1.165) is 4.78 Å². The zero-order valence-electron chi connectivity index (χ0n) is 12.2. The molecule has 0 aliphatic heterocycles. The van der Waals surface area contributed by atoms with E-state index in [-0.39, 0.29) is 18.3 Å². The van der Waals surface area contributed by atoms with Crippen LogP contribution in [0.1, 0.15) is 41.5 Å². The molecule has 0 aliphatic rings. The largest absolute Gasteiger partial charge is 0.538 e. The highest BCUT2D eigenvalue weighted by Crippen LogP contribution is 2.19. The summed E-state index contributed by atoms with van der Waals surface area (Å²) >= 11 is 1.61. The highest BCUT2D eigenvalue weighted by atomic mass is 32.1. The second-order valence-electron chi connectivity index (χ2n) is 5.21. The predicted molar refractivity (Wildman–Crippen MR) is 78.4 cm³/mol. The van der Waals surface area contributed by atoms with Gasteiger partial charge in [0.2, 0.25) is 0 Å². The Hall–Kier alpha value is -0.355. The van der Waals surface area contributed by atoms with Crippen molar-refractivity contribution in [1.29, 1.82) is 0 Å². The lowest BCUT2D eigenvalue weighted by molar-refractivity contribution is 0.0159. The second-order valence-corrected chi connectivity index (χ2v) is 6.19. The molecule has 0 radical (unpaired) electrons. The molecule has 1 aromatic heterocycles. The van der Waals surface area contributed by atoms with Crippen LogP contribution in [-0.2, 0) is 14.0 Å². The summed E-state index contributed by atoms with van der Waals surface area (Å²) in [5, 5.41) is 2.02. The van der Waals surface area contributed by atoms with Gasteiger partial charge in [0.1, 0.15) is 0 Å². The molecular formula is C13H24BO3S-. The van der Waals surface area contributed by atoms with Crippen molar-refractivity contribution in [1.82, 2.24) is 0 Å². The van der Waals surface area contributed by atoms with Crippen molar-refractivity contribution in [2.75, 3.05) is 0 Å². The SMILES string of the molecule is CC(C)O[B-](OC(C)C)(OC(C)C)c1cccs1. The molecule has 0 atom stereocenters. The van der Waals surface area contributed by atoms with E-state index >= 15 is 0 Å². The van der Waals surface area contributed by atoms with Gasteiger partial charge in [-0.3, -0.25) is 0 Å². The van der Waals surface area contributed by atoms with Crippen LogP contribution in [0.25, 0.3) is 0 Å². The summed E-state index contributed by atoms with van der Waals surface area (Å²) in [5.74, 6) is 0. The van der Waals surface area contributed by atoms with Gasteiger partial charge in [-0.15, -0.1) is 0 Å². The van der Waals surface area contributed by atoms with Crippen LogP contribution in [0.15, 0.2) is 17.5 Å². The van der Waals surface area contributed by atoms with Gasteiger partial charge in [0.15, 0.2) is 0 Å². The number of hydrogen-bond acceptors (Lipinski definition) is 4. The van der Waals surface area contributed by atoms with E-state index < -0.39 is 6.75 Å². The van der Waals surface area contributed by atoms with Gasteiger partial charge in [0.25, 0.3) is 0 Å². The molecule has 0 unspecified atom stereocenters. The Bertz CT molecular complexity index is 309. The van der Waals surface area contributed by atoms with E-state index in [1.807, 2.05) is 59.1 Å². The fourth-order valence-electron chi connectivity index (χ4n) is 1.86. The quantitative estimate of drug-likeness (QED) is 0.713. The minimum Gasteiger partial charge on any atom is -0.538 e. The van der Waals surface area contributed by atoms with Crippen molar-refractivity contribution >= 4 is 22.9 Å². The minimum absolute atomic E-state index is 0.0459. The van der Waals surface area contributed by atoms with Crippen LogP contribution in [0.4, 0.5) is 0 Å². The Kier molecular flexibility index (Phi) is 5.85. The molecule has 5 heteroatoms. The highest BCUT2D eigenvalue weighted by molar-refractivity contribution is 7.22. The van der Waals surface area contributed by atoms with Gasteiger partial charge < -0.3 is 14.0 Å². The van der Waals surface area contributed by atoms with Gasteiger partial charge in [-0.25, -0.2) is 0 Å². The van der Waals surface area contributed by atoms with Crippen molar-refractivity contribution in [2.45, 2.75) is 59.9 Å². The molecule has 0 saturated heterocycles. The fraction of sp³-hybridized carbons (Fsp3) is 0.692. The zero-order valence-corrected chi connectivity index (χ0v) is 13.0.